The zero-order valence-electron chi connectivity index (χ0n) is 15.1. The average Bonchev–Trinajstić information content (AvgIpc) is 2.87. The monoisotopic (exact) mass is 353 g/mol. The standard InChI is InChI=1S/C20H23N3O3/c1-14-5-3-6-16(13-14)19(25)22-9-4-10-23(12-11-22)20(26)17-8-7-15(2)21-18(17)24/h3,5-8,13H,4,9-12H2,1-2H3,(H,21,24). The molecular weight excluding hydrogens is 330 g/mol. The molecule has 0 atom stereocenters. The second-order valence-electron chi connectivity index (χ2n) is 6.69. The number of aromatic nitrogens is 1. The number of amides is 2. The summed E-state index contributed by atoms with van der Waals surface area (Å²) in [7, 11) is 0. The highest BCUT2D eigenvalue weighted by molar-refractivity contribution is 5.95. The van der Waals surface area contributed by atoms with E-state index in [0.717, 1.165) is 11.3 Å². The van der Waals surface area contributed by atoms with E-state index in [4.69, 9.17) is 0 Å². The average molecular weight is 353 g/mol. The van der Waals surface area contributed by atoms with Crippen LogP contribution in [0.15, 0.2) is 41.2 Å². The number of rotatable bonds is 2. The highest BCUT2D eigenvalue weighted by Gasteiger charge is 2.24. The number of aromatic amines is 1. The van der Waals surface area contributed by atoms with E-state index < -0.39 is 0 Å². The number of hydrogen-bond acceptors (Lipinski definition) is 3. The zero-order chi connectivity index (χ0) is 18.7. The van der Waals surface area contributed by atoms with Crippen LogP contribution in [0.1, 0.15) is 38.4 Å². The quantitative estimate of drug-likeness (QED) is 0.897. The Balaban J connectivity index is 1.71. The maximum absolute atomic E-state index is 12.7. The summed E-state index contributed by atoms with van der Waals surface area (Å²) in [4.78, 5) is 43.5. The minimum atomic E-state index is -0.369. The highest BCUT2D eigenvalue weighted by Crippen LogP contribution is 2.12. The first-order valence-corrected chi connectivity index (χ1v) is 8.81. The van der Waals surface area contributed by atoms with E-state index in [-0.39, 0.29) is 22.9 Å². The second-order valence-corrected chi connectivity index (χ2v) is 6.69. The molecule has 26 heavy (non-hydrogen) atoms. The summed E-state index contributed by atoms with van der Waals surface area (Å²) in [5.74, 6) is -0.299. The molecule has 6 nitrogen and oxygen atoms in total. The molecule has 1 aromatic heterocycles. The molecule has 1 aliphatic rings. The fraction of sp³-hybridized carbons (Fsp3) is 0.350. The van der Waals surface area contributed by atoms with Crippen molar-refractivity contribution < 1.29 is 9.59 Å². The SMILES string of the molecule is Cc1cccc(C(=O)N2CCCN(C(=O)c3ccc(C)[nH]c3=O)CC2)c1. The molecule has 0 bridgehead atoms. The van der Waals surface area contributed by atoms with Crippen molar-refractivity contribution in [2.75, 3.05) is 26.2 Å². The largest absolute Gasteiger partial charge is 0.337 e. The molecule has 1 saturated heterocycles. The molecule has 2 amide bonds. The van der Waals surface area contributed by atoms with Crippen molar-refractivity contribution in [3.05, 3.63) is 69.1 Å². The van der Waals surface area contributed by atoms with Crippen LogP contribution in [0.2, 0.25) is 0 Å². The topological polar surface area (TPSA) is 73.5 Å². The Labute approximate surface area is 152 Å². The van der Waals surface area contributed by atoms with Crippen LogP contribution in [-0.2, 0) is 0 Å². The number of carbonyl (C=O) groups is 2. The Hall–Kier alpha value is -2.89. The lowest BCUT2D eigenvalue weighted by Crippen LogP contribution is -2.39. The molecule has 1 aromatic carbocycles. The van der Waals surface area contributed by atoms with Gasteiger partial charge in [-0.25, -0.2) is 0 Å². The Morgan fingerprint density at radius 3 is 2.27 bits per heavy atom. The van der Waals surface area contributed by atoms with Crippen LogP contribution < -0.4 is 5.56 Å². The molecule has 2 heterocycles. The number of nitrogens with one attached hydrogen (secondary N) is 1. The number of benzene rings is 1. The van der Waals surface area contributed by atoms with E-state index in [1.165, 1.54) is 0 Å². The van der Waals surface area contributed by atoms with Gasteiger partial charge in [0.15, 0.2) is 0 Å². The fourth-order valence-electron chi connectivity index (χ4n) is 3.20. The summed E-state index contributed by atoms with van der Waals surface area (Å²) in [6, 6.07) is 10.8. The maximum atomic E-state index is 12.7. The third-order valence-corrected chi connectivity index (χ3v) is 4.62. The molecule has 2 aromatic rings. The zero-order valence-corrected chi connectivity index (χ0v) is 15.1. The van der Waals surface area contributed by atoms with Gasteiger partial charge >= 0.3 is 0 Å². The van der Waals surface area contributed by atoms with E-state index in [9.17, 15) is 14.4 Å². The smallest absolute Gasteiger partial charge is 0.260 e. The van der Waals surface area contributed by atoms with Gasteiger partial charge in [-0.1, -0.05) is 17.7 Å². The van der Waals surface area contributed by atoms with Gasteiger partial charge in [0.1, 0.15) is 5.56 Å². The summed E-state index contributed by atoms with van der Waals surface area (Å²) in [5.41, 5.74) is 2.21. The van der Waals surface area contributed by atoms with Crippen LogP contribution in [0.4, 0.5) is 0 Å². The fourth-order valence-corrected chi connectivity index (χ4v) is 3.20. The molecule has 3 rings (SSSR count). The van der Waals surface area contributed by atoms with Crippen LogP contribution in [-0.4, -0.2) is 52.8 Å². The Kier molecular flexibility index (Phi) is 5.21. The van der Waals surface area contributed by atoms with Gasteiger partial charge in [0.05, 0.1) is 0 Å². The normalized spacial score (nSPS) is 14.8. The summed E-state index contributed by atoms with van der Waals surface area (Å²) in [5, 5.41) is 0. The highest BCUT2D eigenvalue weighted by atomic mass is 16.2. The van der Waals surface area contributed by atoms with E-state index >= 15 is 0 Å². The molecule has 0 radical (unpaired) electrons. The summed E-state index contributed by atoms with van der Waals surface area (Å²) in [6.45, 7) is 5.74. The number of nitrogens with zero attached hydrogens (tertiary/aromatic N) is 2. The molecule has 6 heteroatoms. The summed E-state index contributed by atoms with van der Waals surface area (Å²) >= 11 is 0. The van der Waals surface area contributed by atoms with E-state index in [0.29, 0.717) is 38.2 Å². The van der Waals surface area contributed by atoms with Crippen molar-refractivity contribution in [3.63, 3.8) is 0 Å². The predicted octanol–water partition coefficient (Wildman–Crippen LogP) is 1.98. The van der Waals surface area contributed by atoms with Gasteiger partial charge in [-0.15, -0.1) is 0 Å². The molecular formula is C20H23N3O3. The van der Waals surface area contributed by atoms with Crippen LogP contribution in [0, 0.1) is 13.8 Å². The maximum Gasteiger partial charge on any atom is 0.260 e. The lowest BCUT2D eigenvalue weighted by Gasteiger charge is -2.22. The molecule has 1 fully saturated rings. The Bertz CT molecular complexity index is 888. The van der Waals surface area contributed by atoms with Gasteiger partial charge in [-0.2, -0.15) is 0 Å². The minimum Gasteiger partial charge on any atom is -0.337 e. The number of pyridine rings is 1. The lowest BCUT2D eigenvalue weighted by atomic mass is 10.1. The number of aryl methyl sites for hydroxylation is 2. The van der Waals surface area contributed by atoms with E-state index in [1.807, 2.05) is 31.2 Å². The first-order chi connectivity index (χ1) is 12.5. The Morgan fingerprint density at radius 1 is 0.923 bits per heavy atom. The van der Waals surface area contributed by atoms with Crippen LogP contribution in [0.3, 0.4) is 0 Å². The molecule has 0 unspecified atom stereocenters. The van der Waals surface area contributed by atoms with E-state index in [1.54, 1.807) is 28.9 Å². The van der Waals surface area contributed by atoms with Crippen LogP contribution in [0.5, 0.6) is 0 Å². The third-order valence-electron chi connectivity index (χ3n) is 4.62. The van der Waals surface area contributed by atoms with Crippen molar-refractivity contribution in [1.29, 1.82) is 0 Å². The van der Waals surface area contributed by atoms with Gasteiger partial charge in [-0.05, 0) is 44.5 Å². The predicted molar refractivity (Wildman–Crippen MR) is 99.4 cm³/mol. The second kappa shape index (κ2) is 7.56. The van der Waals surface area contributed by atoms with Crippen LogP contribution >= 0.6 is 0 Å². The van der Waals surface area contributed by atoms with Gasteiger partial charge in [-0.3, -0.25) is 14.4 Å². The van der Waals surface area contributed by atoms with Gasteiger partial charge in [0.25, 0.3) is 17.4 Å². The lowest BCUT2D eigenvalue weighted by molar-refractivity contribution is 0.0717. The number of H-pyrrole nitrogens is 1. The van der Waals surface area contributed by atoms with Crippen molar-refractivity contribution in [2.24, 2.45) is 0 Å². The molecule has 1 aliphatic heterocycles. The van der Waals surface area contributed by atoms with Gasteiger partial charge < -0.3 is 14.8 Å². The van der Waals surface area contributed by atoms with E-state index in [2.05, 4.69) is 4.98 Å². The summed E-state index contributed by atoms with van der Waals surface area (Å²) < 4.78 is 0. The third kappa shape index (κ3) is 3.85. The summed E-state index contributed by atoms with van der Waals surface area (Å²) in [6.07, 6.45) is 0.688. The molecule has 136 valence electrons. The first kappa shape index (κ1) is 17.9. The molecule has 1 N–H and O–H groups in total. The molecule has 0 saturated carbocycles. The van der Waals surface area contributed by atoms with Gasteiger partial charge in [0, 0.05) is 37.4 Å². The van der Waals surface area contributed by atoms with Crippen molar-refractivity contribution in [3.8, 4) is 0 Å². The number of hydrogen-bond donors (Lipinski definition) is 1. The minimum absolute atomic E-state index is 0.0174. The molecule has 0 aliphatic carbocycles. The van der Waals surface area contributed by atoms with Crippen molar-refractivity contribution in [2.45, 2.75) is 20.3 Å². The van der Waals surface area contributed by atoms with Crippen LogP contribution in [0.25, 0.3) is 0 Å². The molecule has 0 spiro atoms. The number of carbonyl (C=O) groups excluding carboxylic acids is 2. The first-order valence-electron chi connectivity index (χ1n) is 8.81. The van der Waals surface area contributed by atoms with Crippen molar-refractivity contribution >= 4 is 11.8 Å². The Morgan fingerprint density at radius 2 is 1.62 bits per heavy atom. The van der Waals surface area contributed by atoms with Gasteiger partial charge in [0.2, 0.25) is 0 Å². The van der Waals surface area contributed by atoms with Crippen molar-refractivity contribution in [1.82, 2.24) is 14.8 Å².